The molecule has 0 bridgehead atoms. The number of likely N-dealkylation sites (N-methyl/N-ethyl adjacent to an activating group) is 1. The highest BCUT2D eigenvalue weighted by molar-refractivity contribution is 5.92. The summed E-state index contributed by atoms with van der Waals surface area (Å²) in [6.45, 7) is 12.9. The lowest BCUT2D eigenvalue weighted by Crippen LogP contribution is -2.54. The number of carbonyl (C=O) groups excluding carboxylic acids is 3. The van der Waals surface area contributed by atoms with Gasteiger partial charge in [-0.2, -0.15) is 0 Å². The second kappa shape index (κ2) is 12.4. The zero-order valence-corrected chi connectivity index (χ0v) is 22.3. The molecule has 0 saturated carbocycles. The molecule has 3 amide bonds. The third-order valence-corrected chi connectivity index (χ3v) is 5.46. The number of carbonyl (C=O) groups is 3. The molecule has 0 spiro atoms. The van der Waals surface area contributed by atoms with Crippen molar-refractivity contribution in [2.45, 2.75) is 78.6 Å². The molecule has 0 aliphatic heterocycles. The van der Waals surface area contributed by atoms with E-state index in [-0.39, 0.29) is 30.7 Å². The number of amides is 3. The van der Waals surface area contributed by atoms with Crippen molar-refractivity contribution in [2.24, 2.45) is 0 Å². The summed E-state index contributed by atoms with van der Waals surface area (Å²) in [6.07, 6.45) is -0.573. The number of alkyl carbamates (subject to hydrolysis) is 1. The van der Waals surface area contributed by atoms with E-state index in [1.807, 2.05) is 45.0 Å². The summed E-state index contributed by atoms with van der Waals surface area (Å²) in [4.78, 5) is 41.6. The van der Waals surface area contributed by atoms with Crippen LogP contribution in [0.25, 0.3) is 0 Å². The fraction of sp³-hybridized carbons (Fsp3) is 0.464. The van der Waals surface area contributed by atoms with E-state index in [0.29, 0.717) is 5.56 Å². The minimum atomic E-state index is -0.997. The molecule has 8 heteroatoms. The van der Waals surface area contributed by atoms with Gasteiger partial charge in [0.2, 0.25) is 11.8 Å². The van der Waals surface area contributed by atoms with Crippen LogP contribution in [0.3, 0.4) is 0 Å². The Morgan fingerprint density at radius 3 is 2.14 bits per heavy atom. The average molecular weight is 498 g/mol. The van der Waals surface area contributed by atoms with Gasteiger partial charge in [-0.25, -0.2) is 4.79 Å². The molecule has 2 atom stereocenters. The van der Waals surface area contributed by atoms with Crippen LogP contribution in [-0.2, 0) is 20.7 Å². The molecule has 3 N–H and O–H groups in total. The maximum atomic E-state index is 14.0. The largest absolute Gasteiger partial charge is 0.508 e. The van der Waals surface area contributed by atoms with Crippen molar-refractivity contribution in [3.63, 3.8) is 0 Å². The van der Waals surface area contributed by atoms with E-state index in [1.165, 1.54) is 17.0 Å². The molecule has 8 nitrogen and oxygen atoms in total. The lowest BCUT2D eigenvalue weighted by molar-refractivity contribution is -0.142. The Bertz CT molecular complexity index is 1040. The van der Waals surface area contributed by atoms with E-state index < -0.39 is 29.7 Å². The molecule has 2 aromatic rings. The predicted octanol–water partition coefficient (Wildman–Crippen LogP) is 4.25. The Balaban J connectivity index is 2.48. The van der Waals surface area contributed by atoms with Gasteiger partial charge in [0.15, 0.2) is 0 Å². The summed E-state index contributed by atoms with van der Waals surface area (Å²) >= 11 is 0. The molecule has 0 heterocycles. The van der Waals surface area contributed by atoms with E-state index in [0.717, 1.165) is 11.1 Å². The van der Waals surface area contributed by atoms with Crippen LogP contribution in [0.5, 0.6) is 5.75 Å². The van der Waals surface area contributed by atoms with Crippen LogP contribution in [0.15, 0.2) is 48.5 Å². The number of benzene rings is 2. The second-order valence-corrected chi connectivity index (χ2v) is 10.1. The van der Waals surface area contributed by atoms with Crippen LogP contribution in [0.4, 0.5) is 4.79 Å². The summed E-state index contributed by atoms with van der Waals surface area (Å²) in [6, 6.07) is 11.9. The number of nitrogens with zero attached hydrogens (tertiary/aromatic N) is 1. The van der Waals surface area contributed by atoms with Gasteiger partial charge in [-0.3, -0.25) is 9.59 Å². The van der Waals surface area contributed by atoms with Gasteiger partial charge in [-0.15, -0.1) is 0 Å². The van der Waals surface area contributed by atoms with Crippen LogP contribution >= 0.6 is 0 Å². The van der Waals surface area contributed by atoms with Crippen molar-refractivity contribution < 1.29 is 24.2 Å². The summed E-state index contributed by atoms with van der Waals surface area (Å²) in [5, 5.41) is 15.3. The summed E-state index contributed by atoms with van der Waals surface area (Å²) in [7, 11) is 0. The summed E-state index contributed by atoms with van der Waals surface area (Å²) < 4.78 is 5.41. The monoisotopic (exact) mass is 497 g/mol. The van der Waals surface area contributed by atoms with E-state index in [9.17, 15) is 19.5 Å². The van der Waals surface area contributed by atoms with E-state index in [1.54, 1.807) is 39.8 Å². The topological polar surface area (TPSA) is 108 Å². The molecule has 0 radical (unpaired) electrons. The number of rotatable bonds is 9. The minimum Gasteiger partial charge on any atom is -0.508 e. The summed E-state index contributed by atoms with van der Waals surface area (Å²) in [5.74, 6) is -0.611. The number of phenolic OH excluding ortho intramolecular Hbond substituents is 1. The van der Waals surface area contributed by atoms with Gasteiger partial charge >= 0.3 is 6.09 Å². The van der Waals surface area contributed by atoms with Crippen molar-refractivity contribution >= 4 is 17.9 Å². The molecule has 0 saturated heterocycles. The molecule has 0 aliphatic carbocycles. The average Bonchev–Trinajstić information content (AvgIpc) is 2.77. The van der Waals surface area contributed by atoms with Crippen LogP contribution < -0.4 is 10.6 Å². The fourth-order valence-electron chi connectivity index (χ4n) is 3.89. The zero-order chi connectivity index (χ0) is 27.0. The van der Waals surface area contributed by atoms with E-state index in [4.69, 9.17) is 4.74 Å². The van der Waals surface area contributed by atoms with Crippen molar-refractivity contribution in [3.8, 4) is 5.75 Å². The van der Waals surface area contributed by atoms with E-state index >= 15 is 0 Å². The first-order valence-corrected chi connectivity index (χ1v) is 12.3. The number of aromatic hydroxyl groups is 1. The highest BCUT2D eigenvalue weighted by atomic mass is 16.6. The van der Waals surface area contributed by atoms with Gasteiger partial charge < -0.3 is 25.4 Å². The first-order chi connectivity index (χ1) is 16.8. The number of aryl methyl sites for hydroxylation is 1. The number of phenols is 1. The number of hydrogen-bond donors (Lipinski definition) is 3. The number of nitrogens with one attached hydrogen (secondary N) is 2. The molecule has 36 heavy (non-hydrogen) atoms. The zero-order valence-electron chi connectivity index (χ0n) is 22.3. The fourth-order valence-corrected chi connectivity index (χ4v) is 3.89. The Labute approximate surface area is 214 Å². The molecule has 2 rings (SSSR count). The van der Waals surface area contributed by atoms with Gasteiger partial charge in [-0.1, -0.05) is 36.4 Å². The summed E-state index contributed by atoms with van der Waals surface area (Å²) in [5.41, 5.74) is 1.58. The maximum absolute atomic E-state index is 14.0. The van der Waals surface area contributed by atoms with Crippen molar-refractivity contribution in [2.75, 3.05) is 6.54 Å². The third kappa shape index (κ3) is 8.29. The van der Waals surface area contributed by atoms with Crippen LogP contribution in [0.1, 0.15) is 64.3 Å². The maximum Gasteiger partial charge on any atom is 0.408 e. The van der Waals surface area contributed by atoms with Gasteiger partial charge in [0.25, 0.3) is 0 Å². The van der Waals surface area contributed by atoms with Crippen LogP contribution in [0, 0.1) is 6.92 Å². The van der Waals surface area contributed by atoms with Gasteiger partial charge in [-0.05, 0) is 77.3 Å². The molecule has 0 fully saturated rings. The normalized spacial score (nSPS) is 13.0. The van der Waals surface area contributed by atoms with Crippen LogP contribution in [0.2, 0.25) is 0 Å². The minimum absolute atomic E-state index is 0.0990. The first kappa shape index (κ1) is 28.7. The molecular weight excluding hydrogens is 458 g/mol. The van der Waals surface area contributed by atoms with Crippen molar-refractivity contribution in [1.82, 2.24) is 15.5 Å². The van der Waals surface area contributed by atoms with Gasteiger partial charge in [0.1, 0.15) is 23.4 Å². The quantitative estimate of drug-likeness (QED) is 0.480. The Morgan fingerprint density at radius 2 is 1.61 bits per heavy atom. The molecule has 2 unspecified atom stereocenters. The van der Waals surface area contributed by atoms with Gasteiger partial charge in [0.05, 0.1) is 0 Å². The number of ether oxygens (including phenoxy) is 1. The van der Waals surface area contributed by atoms with Crippen molar-refractivity contribution in [3.05, 3.63) is 65.2 Å². The number of hydrogen-bond acceptors (Lipinski definition) is 5. The van der Waals surface area contributed by atoms with Gasteiger partial charge in [0, 0.05) is 19.0 Å². The molecule has 0 aliphatic rings. The molecule has 2 aromatic carbocycles. The smallest absolute Gasteiger partial charge is 0.408 e. The highest BCUT2D eigenvalue weighted by Crippen LogP contribution is 2.26. The highest BCUT2D eigenvalue weighted by Gasteiger charge is 2.36. The van der Waals surface area contributed by atoms with Crippen LogP contribution in [-0.4, -0.2) is 52.1 Å². The molecule has 0 aromatic heterocycles. The molecular formula is C28H39N3O5. The van der Waals surface area contributed by atoms with E-state index in [2.05, 4.69) is 10.6 Å². The standard InChI is InChI=1S/C28H39N3O5/c1-8-31(24(25(33)29-18(2)3)22-12-10-9-11-19(22)4)26(34)23(30-27(35)36-28(5,6)7)17-20-13-15-21(32)16-14-20/h9-16,18,23-24,32H,8,17H2,1-7H3,(H,29,33)(H,30,35). The second-order valence-electron chi connectivity index (χ2n) is 10.1. The lowest BCUT2D eigenvalue weighted by Gasteiger charge is -2.34. The van der Waals surface area contributed by atoms with Crippen molar-refractivity contribution in [1.29, 1.82) is 0 Å². The lowest BCUT2D eigenvalue weighted by atomic mass is 9.97. The third-order valence-electron chi connectivity index (χ3n) is 5.46. The first-order valence-electron chi connectivity index (χ1n) is 12.3. The Morgan fingerprint density at radius 1 is 1.00 bits per heavy atom. The Hall–Kier alpha value is -3.55. The predicted molar refractivity (Wildman–Crippen MR) is 140 cm³/mol. The Kier molecular flexibility index (Phi) is 9.90. The SMILES string of the molecule is CCN(C(=O)C(Cc1ccc(O)cc1)NC(=O)OC(C)(C)C)C(C(=O)NC(C)C)c1ccccc1C. The molecule has 196 valence electrons.